The molecule has 0 amide bonds. The largest absolute Gasteiger partial charge is 0.386 e. The van der Waals surface area contributed by atoms with E-state index in [4.69, 9.17) is 9.47 Å². The molecule has 192 valence electrons. The first kappa shape index (κ1) is 24.5. The van der Waals surface area contributed by atoms with Gasteiger partial charge in [0, 0.05) is 0 Å². The average Bonchev–Trinajstić information content (AvgIpc) is 3.63. The number of hydrogen-bond donors (Lipinski definition) is 0. The molecule has 0 saturated heterocycles. The number of benzene rings is 4. The van der Waals surface area contributed by atoms with Crippen molar-refractivity contribution >= 4 is 23.9 Å². The Hall–Kier alpha value is -4.84. The van der Waals surface area contributed by atoms with Gasteiger partial charge in [-0.1, -0.05) is 76.2 Å². The van der Waals surface area contributed by atoms with Crippen molar-refractivity contribution in [3.8, 4) is 22.3 Å². The number of esters is 4. The molecule has 8 rings (SSSR count). The summed E-state index contributed by atoms with van der Waals surface area (Å²) in [7, 11) is 0. The lowest BCUT2D eigenvalue weighted by Crippen LogP contribution is -2.26. The number of ether oxygens (including phenoxy) is 2. The van der Waals surface area contributed by atoms with Crippen molar-refractivity contribution in [1.82, 2.24) is 0 Å². The van der Waals surface area contributed by atoms with Gasteiger partial charge in [0.15, 0.2) is 0 Å². The van der Waals surface area contributed by atoms with E-state index < -0.39 is 29.3 Å². The van der Waals surface area contributed by atoms with Gasteiger partial charge in [-0.3, -0.25) is 0 Å². The molecule has 4 aliphatic rings. The minimum atomic E-state index is -0.847. The molecule has 4 aromatic carbocycles. The van der Waals surface area contributed by atoms with E-state index in [1.165, 1.54) is 0 Å². The summed E-state index contributed by atoms with van der Waals surface area (Å²) in [5.41, 5.74) is 7.08. The van der Waals surface area contributed by atoms with Crippen LogP contribution < -0.4 is 0 Å². The van der Waals surface area contributed by atoms with Crippen molar-refractivity contribution in [2.24, 2.45) is 0 Å². The zero-order valence-corrected chi connectivity index (χ0v) is 21.9. The van der Waals surface area contributed by atoms with Crippen molar-refractivity contribution < 1.29 is 28.7 Å². The molecule has 6 heteroatoms. The monoisotopic (exact) mass is 516 g/mol. The van der Waals surface area contributed by atoms with Gasteiger partial charge in [-0.15, -0.1) is 0 Å². The lowest BCUT2D eigenvalue weighted by molar-refractivity contribution is 0.0425. The quantitative estimate of drug-likeness (QED) is 0.165. The fourth-order valence-corrected chi connectivity index (χ4v) is 6.29. The van der Waals surface area contributed by atoms with Crippen molar-refractivity contribution in [2.75, 3.05) is 0 Å². The van der Waals surface area contributed by atoms with Crippen LogP contribution in [0.15, 0.2) is 72.8 Å². The van der Waals surface area contributed by atoms with E-state index >= 15 is 0 Å². The lowest BCUT2D eigenvalue weighted by Gasteiger charge is -2.30. The summed E-state index contributed by atoms with van der Waals surface area (Å²) in [6, 6.07) is 22.9. The highest BCUT2D eigenvalue weighted by molar-refractivity contribution is 6.18. The maximum Gasteiger partial charge on any atom is 0.346 e. The number of carbonyl (C=O) groups is 4. The molecule has 2 aliphatic heterocycles. The second kappa shape index (κ2) is 8.60. The third-order valence-electron chi connectivity index (χ3n) is 7.62. The van der Waals surface area contributed by atoms with Gasteiger partial charge in [-0.2, -0.15) is 0 Å². The maximum atomic E-state index is 12.5. The Morgan fingerprint density at radius 3 is 1.13 bits per heavy atom. The van der Waals surface area contributed by atoms with Gasteiger partial charge >= 0.3 is 23.9 Å². The average molecular weight is 517 g/mol. The summed E-state index contributed by atoms with van der Waals surface area (Å²) in [6.45, 7) is 8.00. The van der Waals surface area contributed by atoms with Crippen LogP contribution in [0.25, 0.3) is 22.3 Å². The molecule has 0 saturated carbocycles. The molecule has 2 aliphatic carbocycles. The van der Waals surface area contributed by atoms with E-state index in [0.717, 1.165) is 33.4 Å². The fourth-order valence-electron chi connectivity index (χ4n) is 6.29. The molecule has 6 nitrogen and oxygen atoms in total. The molecule has 1 spiro atoms. The molecular formula is C33H24O6. The Bertz CT molecular complexity index is 1650. The number of fused-ring (bicyclic) bond motifs is 12. The summed E-state index contributed by atoms with van der Waals surface area (Å²) >= 11 is 0. The minimum Gasteiger partial charge on any atom is -0.386 e. The van der Waals surface area contributed by atoms with Crippen LogP contribution in [0.2, 0.25) is 0 Å². The molecule has 0 bridgehead atoms. The Morgan fingerprint density at radius 1 is 0.410 bits per heavy atom. The molecule has 0 aromatic heterocycles. The Kier molecular flexibility index (Phi) is 5.40. The SMILES string of the molecule is CC.CC.O=C1OC(=O)c2cc3c(cc21)-c1cc2c(cc1C31c3ccccc3-c3ccccc31)C(=O)OC2=O. The molecule has 39 heavy (non-hydrogen) atoms. The van der Waals surface area contributed by atoms with Gasteiger partial charge in [0.25, 0.3) is 0 Å². The van der Waals surface area contributed by atoms with Crippen LogP contribution in [0, 0.1) is 0 Å². The standard InChI is InChI=1S/C29H12O6.2C2H6/c30-25-17-9-15-16-10-18-20(28(33)35-26(18)31)12-24(16)29(23(15)11-19(17)27(32)34-25)21-7-3-1-5-13(21)14-6-2-4-8-22(14)29;2*1-2/h1-12H;2*1-2H3. The van der Waals surface area contributed by atoms with Gasteiger partial charge in [0.05, 0.1) is 27.7 Å². The van der Waals surface area contributed by atoms with Crippen LogP contribution >= 0.6 is 0 Å². The van der Waals surface area contributed by atoms with Crippen LogP contribution in [-0.2, 0) is 14.9 Å². The highest BCUT2D eigenvalue weighted by Gasteiger charge is 2.53. The molecule has 0 fully saturated rings. The zero-order valence-electron chi connectivity index (χ0n) is 21.9. The second-order valence-electron chi connectivity index (χ2n) is 9.08. The van der Waals surface area contributed by atoms with Gasteiger partial charge in [0.1, 0.15) is 0 Å². The topological polar surface area (TPSA) is 86.7 Å². The lowest BCUT2D eigenvalue weighted by atomic mass is 9.70. The third kappa shape index (κ3) is 2.91. The van der Waals surface area contributed by atoms with Gasteiger partial charge < -0.3 is 9.47 Å². The van der Waals surface area contributed by atoms with Gasteiger partial charge in [0.2, 0.25) is 0 Å². The van der Waals surface area contributed by atoms with Gasteiger partial charge in [-0.05, 0) is 68.8 Å². The van der Waals surface area contributed by atoms with Crippen LogP contribution in [0.3, 0.4) is 0 Å². The normalized spacial score (nSPS) is 15.5. The minimum absolute atomic E-state index is 0.190. The molecule has 0 radical (unpaired) electrons. The first-order valence-electron chi connectivity index (χ1n) is 13.1. The van der Waals surface area contributed by atoms with Crippen molar-refractivity contribution in [3.63, 3.8) is 0 Å². The second-order valence-corrected chi connectivity index (χ2v) is 9.08. The van der Waals surface area contributed by atoms with E-state index in [1.807, 2.05) is 64.1 Å². The third-order valence-corrected chi connectivity index (χ3v) is 7.62. The summed E-state index contributed by atoms with van der Waals surface area (Å²) in [6.07, 6.45) is 0. The van der Waals surface area contributed by atoms with E-state index in [-0.39, 0.29) is 22.3 Å². The predicted octanol–water partition coefficient (Wildman–Crippen LogP) is 6.70. The van der Waals surface area contributed by atoms with Crippen LogP contribution in [0.1, 0.15) is 91.4 Å². The molecule has 4 aromatic rings. The van der Waals surface area contributed by atoms with Crippen molar-refractivity contribution in [2.45, 2.75) is 33.1 Å². The highest BCUT2D eigenvalue weighted by Crippen LogP contribution is 2.63. The maximum absolute atomic E-state index is 12.5. The van der Waals surface area contributed by atoms with E-state index in [9.17, 15) is 19.2 Å². The molecule has 0 unspecified atom stereocenters. The molecule has 0 atom stereocenters. The number of rotatable bonds is 0. The predicted molar refractivity (Wildman–Crippen MR) is 145 cm³/mol. The van der Waals surface area contributed by atoms with Crippen LogP contribution in [0.5, 0.6) is 0 Å². The molecular weight excluding hydrogens is 492 g/mol. The summed E-state index contributed by atoms with van der Waals surface area (Å²) in [5, 5.41) is 0. The molecule has 0 N–H and O–H groups in total. The Labute approximate surface area is 225 Å². The van der Waals surface area contributed by atoms with Gasteiger partial charge in [-0.25, -0.2) is 19.2 Å². The summed E-state index contributed by atoms with van der Waals surface area (Å²) in [5.74, 6) is -2.75. The summed E-state index contributed by atoms with van der Waals surface area (Å²) < 4.78 is 9.79. The van der Waals surface area contributed by atoms with Crippen LogP contribution in [0.4, 0.5) is 0 Å². The Morgan fingerprint density at radius 2 is 0.744 bits per heavy atom. The number of hydrogen-bond acceptors (Lipinski definition) is 6. The highest BCUT2D eigenvalue weighted by atomic mass is 16.6. The summed E-state index contributed by atoms with van der Waals surface area (Å²) in [4.78, 5) is 49.9. The van der Waals surface area contributed by atoms with E-state index in [1.54, 1.807) is 24.3 Å². The van der Waals surface area contributed by atoms with E-state index in [2.05, 4.69) is 12.1 Å². The van der Waals surface area contributed by atoms with Crippen molar-refractivity contribution in [1.29, 1.82) is 0 Å². The first-order valence-corrected chi connectivity index (χ1v) is 13.1. The number of carbonyl (C=O) groups excluding carboxylic acids is 4. The van der Waals surface area contributed by atoms with E-state index in [0.29, 0.717) is 11.1 Å². The fraction of sp³-hybridized carbons (Fsp3) is 0.152. The zero-order chi connectivity index (χ0) is 27.6. The Balaban J connectivity index is 0.000000663. The van der Waals surface area contributed by atoms with Crippen molar-refractivity contribution in [3.05, 3.63) is 117 Å². The first-order chi connectivity index (χ1) is 19.0. The molecule has 2 heterocycles. The van der Waals surface area contributed by atoms with Crippen LogP contribution in [-0.4, -0.2) is 23.9 Å². The number of cyclic esters (lactones) is 4. The smallest absolute Gasteiger partial charge is 0.346 e.